The highest BCUT2D eigenvalue weighted by molar-refractivity contribution is 6.17. The molecule has 0 saturated heterocycles. The Hall–Kier alpha value is -3.98. The second kappa shape index (κ2) is 7.80. The Bertz CT molecular complexity index is 1150. The molecule has 1 atom stereocenters. The van der Waals surface area contributed by atoms with E-state index in [1.807, 2.05) is 24.3 Å². The number of rotatable bonds is 3. The van der Waals surface area contributed by atoms with Gasteiger partial charge in [-0.2, -0.15) is 5.26 Å². The standard InChI is InChI=1S/C24H18FN3O2/c1-16-23(29)27(15-18-8-6-17(14-26)7-9-18)21-4-2-3-5-22(21)28(16)24(30)19-10-12-20(25)13-11-19/h2-13,16H,15H2,1H3/t16-/m0/s1. The Kier molecular flexibility index (Phi) is 5.03. The molecule has 0 bridgehead atoms. The van der Waals surface area contributed by atoms with Crippen LogP contribution in [-0.2, 0) is 11.3 Å². The van der Waals surface area contributed by atoms with Crippen LogP contribution < -0.4 is 9.80 Å². The molecule has 0 aromatic heterocycles. The molecule has 0 aliphatic carbocycles. The zero-order chi connectivity index (χ0) is 21.3. The summed E-state index contributed by atoms with van der Waals surface area (Å²) in [6.07, 6.45) is 0. The van der Waals surface area contributed by atoms with E-state index in [4.69, 9.17) is 5.26 Å². The third-order valence-electron chi connectivity index (χ3n) is 5.18. The predicted molar refractivity (Wildman–Crippen MR) is 111 cm³/mol. The number of hydrogen-bond donors (Lipinski definition) is 0. The molecule has 148 valence electrons. The first kappa shape index (κ1) is 19.3. The van der Waals surface area contributed by atoms with Gasteiger partial charge in [-0.15, -0.1) is 0 Å². The van der Waals surface area contributed by atoms with Crippen LogP contribution in [0.15, 0.2) is 72.8 Å². The van der Waals surface area contributed by atoms with E-state index >= 15 is 0 Å². The number of para-hydroxylation sites is 2. The van der Waals surface area contributed by atoms with Crippen LogP contribution in [0.5, 0.6) is 0 Å². The molecule has 3 aromatic rings. The Balaban J connectivity index is 1.72. The van der Waals surface area contributed by atoms with Gasteiger partial charge < -0.3 is 4.90 Å². The van der Waals surface area contributed by atoms with Crippen molar-refractivity contribution >= 4 is 23.2 Å². The second-order valence-corrected chi connectivity index (χ2v) is 7.08. The minimum atomic E-state index is -0.726. The van der Waals surface area contributed by atoms with Gasteiger partial charge in [0.05, 0.1) is 29.6 Å². The van der Waals surface area contributed by atoms with E-state index in [2.05, 4.69) is 6.07 Å². The Morgan fingerprint density at radius 1 is 1.00 bits per heavy atom. The highest BCUT2D eigenvalue weighted by Crippen LogP contribution is 2.37. The number of carbonyl (C=O) groups is 2. The molecular weight excluding hydrogens is 381 g/mol. The summed E-state index contributed by atoms with van der Waals surface area (Å²) < 4.78 is 13.3. The Morgan fingerprint density at radius 3 is 2.27 bits per heavy atom. The summed E-state index contributed by atoms with van der Waals surface area (Å²) in [6, 6.07) is 20.9. The molecule has 0 N–H and O–H groups in total. The highest BCUT2D eigenvalue weighted by Gasteiger charge is 2.38. The summed E-state index contributed by atoms with van der Waals surface area (Å²) >= 11 is 0. The first-order valence-corrected chi connectivity index (χ1v) is 9.48. The number of benzene rings is 3. The van der Waals surface area contributed by atoms with Crippen LogP contribution >= 0.6 is 0 Å². The normalized spacial score (nSPS) is 15.5. The van der Waals surface area contributed by atoms with E-state index in [9.17, 15) is 14.0 Å². The lowest BCUT2D eigenvalue weighted by atomic mass is 10.0. The fourth-order valence-corrected chi connectivity index (χ4v) is 3.61. The fourth-order valence-electron chi connectivity index (χ4n) is 3.61. The van der Waals surface area contributed by atoms with Crippen LogP contribution in [-0.4, -0.2) is 17.9 Å². The van der Waals surface area contributed by atoms with Crippen LogP contribution in [0.2, 0.25) is 0 Å². The first-order chi connectivity index (χ1) is 14.5. The summed E-state index contributed by atoms with van der Waals surface area (Å²) in [4.78, 5) is 29.5. The number of halogens is 1. The summed E-state index contributed by atoms with van der Waals surface area (Å²) in [7, 11) is 0. The van der Waals surface area contributed by atoms with Gasteiger partial charge in [0.15, 0.2) is 0 Å². The molecule has 0 saturated carbocycles. The van der Waals surface area contributed by atoms with Gasteiger partial charge in [-0.3, -0.25) is 14.5 Å². The molecule has 0 fully saturated rings. The average molecular weight is 399 g/mol. The molecule has 1 aliphatic heterocycles. The lowest BCUT2D eigenvalue weighted by Gasteiger charge is -2.40. The third kappa shape index (κ3) is 3.42. The van der Waals surface area contributed by atoms with Crippen molar-refractivity contribution in [3.8, 4) is 6.07 Å². The number of anilines is 2. The van der Waals surface area contributed by atoms with Gasteiger partial charge in [0.25, 0.3) is 5.91 Å². The first-order valence-electron chi connectivity index (χ1n) is 9.48. The number of nitriles is 1. The number of amides is 2. The molecule has 1 aliphatic rings. The van der Waals surface area contributed by atoms with Crippen molar-refractivity contribution in [1.82, 2.24) is 0 Å². The van der Waals surface area contributed by atoms with E-state index in [1.54, 1.807) is 36.1 Å². The van der Waals surface area contributed by atoms with Crippen molar-refractivity contribution in [2.75, 3.05) is 9.80 Å². The number of fused-ring (bicyclic) bond motifs is 1. The second-order valence-electron chi connectivity index (χ2n) is 7.08. The molecule has 3 aromatic carbocycles. The number of hydrogen-bond acceptors (Lipinski definition) is 3. The van der Waals surface area contributed by atoms with Gasteiger partial charge in [0.1, 0.15) is 11.9 Å². The monoisotopic (exact) mass is 399 g/mol. The zero-order valence-corrected chi connectivity index (χ0v) is 16.2. The molecule has 2 amide bonds. The van der Waals surface area contributed by atoms with Crippen molar-refractivity contribution in [2.45, 2.75) is 19.5 Å². The van der Waals surface area contributed by atoms with Crippen molar-refractivity contribution in [2.24, 2.45) is 0 Å². The number of carbonyl (C=O) groups excluding carboxylic acids is 2. The van der Waals surface area contributed by atoms with Crippen molar-refractivity contribution < 1.29 is 14.0 Å². The summed E-state index contributed by atoms with van der Waals surface area (Å²) in [5.74, 6) is -1.00. The average Bonchev–Trinajstić information content (AvgIpc) is 2.77. The molecule has 0 radical (unpaired) electrons. The minimum absolute atomic E-state index is 0.214. The molecule has 0 unspecified atom stereocenters. The highest BCUT2D eigenvalue weighted by atomic mass is 19.1. The van der Waals surface area contributed by atoms with Crippen LogP contribution in [0.3, 0.4) is 0 Å². The lowest BCUT2D eigenvalue weighted by molar-refractivity contribution is -0.119. The smallest absolute Gasteiger partial charge is 0.259 e. The third-order valence-corrected chi connectivity index (χ3v) is 5.18. The van der Waals surface area contributed by atoms with Crippen molar-refractivity contribution in [1.29, 1.82) is 5.26 Å². The largest absolute Gasteiger partial charge is 0.304 e. The SMILES string of the molecule is C[C@H]1C(=O)N(Cc2ccc(C#N)cc2)c2ccccc2N1C(=O)c1ccc(F)cc1. The summed E-state index contributed by atoms with van der Waals surface area (Å²) in [6.45, 7) is 2.01. The van der Waals surface area contributed by atoms with Crippen molar-refractivity contribution in [3.05, 3.63) is 95.3 Å². The molecule has 6 heteroatoms. The van der Waals surface area contributed by atoms with Gasteiger partial charge in [-0.1, -0.05) is 24.3 Å². The van der Waals surface area contributed by atoms with E-state index in [1.165, 1.54) is 29.2 Å². The maximum Gasteiger partial charge on any atom is 0.259 e. The number of nitrogens with zero attached hydrogens (tertiary/aromatic N) is 3. The minimum Gasteiger partial charge on any atom is -0.304 e. The van der Waals surface area contributed by atoms with Crippen LogP contribution in [0.4, 0.5) is 15.8 Å². The fraction of sp³-hybridized carbons (Fsp3) is 0.125. The van der Waals surface area contributed by atoms with Crippen LogP contribution in [0, 0.1) is 17.1 Å². The van der Waals surface area contributed by atoms with Gasteiger partial charge in [0.2, 0.25) is 5.91 Å². The Labute approximate surface area is 173 Å². The van der Waals surface area contributed by atoms with Gasteiger partial charge >= 0.3 is 0 Å². The quantitative estimate of drug-likeness (QED) is 0.660. The van der Waals surface area contributed by atoms with Crippen LogP contribution in [0.25, 0.3) is 0 Å². The maximum absolute atomic E-state index is 13.3. The van der Waals surface area contributed by atoms with Gasteiger partial charge in [-0.05, 0) is 61.0 Å². The van der Waals surface area contributed by atoms with E-state index in [0.29, 0.717) is 29.0 Å². The van der Waals surface area contributed by atoms with Crippen molar-refractivity contribution in [3.63, 3.8) is 0 Å². The lowest BCUT2D eigenvalue weighted by Crippen LogP contribution is -2.54. The van der Waals surface area contributed by atoms with E-state index in [-0.39, 0.29) is 11.8 Å². The summed E-state index contributed by atoms with van der Waals surface area (Å²) in [5.41, 5.74) is 2.98. The zero-order valence-electron chi connectivity index (χ0n) is 16.2. The molecular formula is C24H18FN3O2. The molecule has 0 spiro atoms. The van der Waals surface area contributed by atoms with Gasteiger partial charge in [0, 0.05) is 5.56 Å². The maximum atomic E-state index is 13.3. The Morgan fingerprint density at radius 2 is 1.63 bits per heavy atom. The van der Waals surface area contributed by atoms with Gasteiger partial charge in [-0.25, -0.2) is 4.39 Å². The molecule has 4 rings (SSSR count). The topological polar surface area (TPSA) is 64.4 Å². The van der Waals surface area contributed by atoms with E-state index in [0.717, 1.165) is 5.56 Å². The summed E-state index contributed by atoms with van der Waals surface area (Å²) in [5, 5.41) is 8.97. The molecule has 30 heavy (non-hydrogen) atoms. The molecule has 1 heterocycles. The van der Waals surface area contributed by atoms with Crippen LogP contribution in [0.1, 0.15) is 28.4 Å². The predicted octanol–water partition coefficient (Wildman–Crippen LogP) is 4.28. The molecule has 5 nitrogen and oxygen atoms in total. The van der Waals surface area contributed by atoms with E-state index < -0.39 is 11.9 Å².